The van der Waals surface area contributed by atoms with Gasteiger partial charge in [-0.2, -0.15) is 36.9 Å². The third-order valence-electron chi connectivity index (χ3n) is 4.43. The Bertz CT molecular complexity index is 898. The maximum Gasteiger partial charge on any atom is 0.415 e. The normalized spacial score (nSPS) is 16.8. The molecule has 1 aromatic carbocycles. The molecule has 2 nitrogen and oxygen atoms in total. The minimum atomic E-state index is -5.19. The maximum atomic E-state index is 13.6. The van der Waals surface area contributed by atoms with Gasteiger partial charge in [0.2, 0.25) is 0 Å². The molecule has 0 bridgehead atoms. The fourth-order valence-corrected chi connectivity index (χ4v) is 5.25. The summed E-state index contributed by atoms with van der Waals surface area (Å²) >= 11 is 0.329. The smallest absolute Gasteiger partial charge is 0.192 e. The van der Waals surface area contributed by atoms with E-state index in [0.717, 1.165) is 24.1 Å². The molecule has 0 spiro atoms. The van der Waals surface area contributed by atoms with Crippen molar-refractivity contribution in [1.82, 2.24) is 0 Å². The van der Waals surface area contributed by atoms with Crippen molar-refractivity contribution < 1.29 is 26.3 Å². The first-order valence-electron chi connectivity index (χ1n) is 8.76. The van der Waals surface area contributed by atoms with E-state index in [1.807, 2.05) is 13.8 Å². The Morgan fingerprint density at radius 2 is 1.37 bits per heavy atom. The van der Waals surface area contributed by atoms with E-state index in [1.165, 1.54) is 12.1 Å². The average Bonchev–Trinajstić information content (AvgIpc) is 2.95. The van der Waals surface area contributed by atoms with Crippen LogP contribution in [0.15, 0.2) is 51.5 Å². The van der Waals surface area contributed by atoms with Crippen LogP contribution in [0.5, 0.6) is 0 Å². The molecule has 0 heterocycles. The molecule has 30 heavy (non-hydrogen) atoms. The molecular weight excluding hydrogens is 445 g/mol. The van der Waals surface area contributed by atoms with Crippen LogP contribution in [0.1, 0.15) is 31.5 Å². The van der Waals surface area contributed by atoms with Crippen LogP contribution in [0.3, 0.4) is 0 Å². The summed E-state index contributed by atoms with van der Waals surface area (Å²) < 4.78 is 81.5. The summed E-state index contributed by atoms with van der Waals surface area (Å²) in [5.74, 6) is 0.410. The van der Waals surface area contributed by atoms with E-state index in [0.29, 0.717) is 17.7 Å². The van der Waals surface area contributed by atoms with Gasteiger partial charge in [-0.15, -0.1) is 21.0 Å². The van der Waals surface area contributed by atoms with Crippen molar-refractivity contribution in [3.8, 4) is 12.1 Å². The molecule has 0 amide bonds. The second kappa shape index (κ2) is 9.04. The van der Waals surface area contributed by atoms with Crippen LogP contribution in [0, 0.1) is 28.6 Å². The summed E-state index contributed by atoms with van der Waals surface area (Å²) in [6.07, 6.45) is -9.54. The van der Waals surface area contributed by atoms with Crippen LogP contribution in [-0.4, -0.2) is 17.6 Å². The molecule has 0 saturated heterocycles. The van der Waals surface area contributed by atoms with Gasteiger partial charge in [-0.3, -0.25) is 0 Å². The number of halogens is 6. The molecule has 0 N–H and O–H groups in total. The summed E-state index contributed by atoms with van der Waals surface area (Å²) in [6, 6.07) is 8.51. The summed E-state index contributed by atoms with van der Waals surface area (Å²) in [6.45, 7) is 4.08. The van der Waals surface area contributed by atoms with Crippen molar-refractivity contribution >= 4 is 21.0 Å². The lowest BCUT2D eigenvalue weighted by molar-refractivity contribution is -0.102. The largest absolute Gasteiger partial charge is 0.415 e. The summed E-state index contributed by atoms with van der Waals surface area (Å²) in [4.78, 5) is 0.172. The molecule has 0 radical (unpaired) electrons. The third kappa shape index (κ3) is 5.20. The van der Waals surface area contributed by atoms with Gasteiger partial charge in [-0.25, -0.2) is 0 Å². The molecule has 10 heteroatoms. The molecule has 2 unspecified atom stereocenters. The number of alkyl halides is 6. The number of hydrogen-bond acceptors (Lipinski definition) is 3. The fraction of sp³-hybridized carbons (Fsp3) is 0.400. The van der Waals surface area contributed by atoms with Gasteiger partial charge in [0.05, 0.1) is 27.5 Å². The van der Waals surface area contributed by atoms with Gasteiger partial charge < -0.3 is 0 Å². The van der Waals surface area contributed by atoms with E-state index in [2.05, 4.69) is 9.24 Å². The molecular formula is C20H17F6N2PS. The third-order valence-corrected chi connectivity index (χ3v) is 6.34. The van der Waals surface area contributed by atoms with Crippen molar-refractivity contribution in [2.75, 3.05) is 0 Å². The highest BCUT2D eigenvalue weighted by Crippen LogP contribution is 2.53. The van der Waals surface area contributed by atoms with E-state index in [-0.39, 0.29) is 10.6 Å². The van der Waals surface area contributed by atoms with Gasteiger partial charge in [-0.05, 0) is 35.7 Å². The highest BCUT2D eigenvalue weighted by atomic mass is 32.2. The average molecular weight is 462 g/mol. The van der Waals surface area contributed by atoms with Crippen LogP contribution in [0.25, 0.3) is 0 Å². The molecule has 2 atom stereocenters. The highest BCUT2D eigenvalue weighted by molar-refractivity contribution is 8.00. The summed E-state index contributed by atoms with van der Waals surface area (Å²) in [5, 5.41) is 15.9. The summed E-state index contributed by atoms with van der Waals surface area (Å²) in [7, 11) is 2.67. The number of allylic oxidation sites excluding steroid dienone is 2. The molecule has 1 aliphatic rings. The van der Waals surface area contributed by atoms with E-state index < -0.39 is 39.9 Å². The Kier molecular flexibility index (Phi) is 7.32. The number of thioether (sulfide) groups is 1. The number of hydrogen-bond donors (Lipinski definition) is 0. The van der Waals surface area contributed by atoms with Gasteiger partial charge in [0.15, 0.2) is 0 Å². The zero-order chi connectivity index (χ0) is 22.9. The Labute approximate surface area is 176 Å². The van der Waals surface area contributed by atoms with Crippen molar-refractivity contribution in [1.29, 1.82) is 10.5 Å². The van der Waals surface area contributed by atoms with Crippen molar-refractivity contribution in [3.63, 3.8) is 0 Å². The predicted octanol–water partition coefficient (Wildman–Crippen LogP) is 6.89. The monoisotopic (exact) mass is 462 g/mol. The lowest BCUT2D eigenvalue weighted by Gasteiger charge is -2.22. The number of nitrogens with zero attached hydrogens (tertiary/aromatic N) is 2. The SMILES string of the molecule is CC(C)CC(P)c1ccc(SC2C(C(F)(F)F)=C(C#N)C(C#N)=C2C(F)(F)F)cc1. The number of nitriles is 2. The van der Waals surface area contributed by atoms with Crippen molar-refractivity contribution in [2.24, 2.45) is 5.92 Å². The first-order chi connectivity index (χ1) is 13.8. The zero-order valence-corrected chi connectivity index (χ0v) is 17.9. The minimum Gasteiger partial charge on any atom is -0.192 e. The molecule has 0 aromatic heterocycles. The van der Waals surface area contributed by atoms with E-state index in [1.54, 1.807) is 12.1 Å². The minimum absolute atomic E-state index is 0.0992. The standard InChI is InChI=1S/C20H17F6N2PS/c1-10(2)7-15(29)11-3-5-12(6-4-11)30-18-16(19(21,22)23)13(8-27)14(9-28)17(18)20(24,25)26/h3-6,10,15,18H,7,29H2,1-2H3. The zero-order valence-electron chi connectivity index (χ0n) is 15.9. The number of rotatable bonds is 5. The van der Waals surface area contributed by atoms with Crippen molar-refractivity contribution in [3.05, 3.63) is 52.1 Å². The predicted molar refractivity (Wildman–Crippen MR) is 105 cm³/mol. The maximum absolute atomic E-state index is 13.6. The second-order valence-electron chi connectivity index (χ2n) is 7.10. The first-order valence-corrected chi connectivity index (χ1v) is 10.3. The Hall–Kier alpha value is -1.96. The van der Waals surface area contributed by atoms with E-state index in [9.17, 15) is 26.3 Å². The highest BCUT2D eigenvalue weighted by Gasteiger charge is 2.55. The van der Waals surface area contributed by atoms with Gasteiger partial charge in [-0.1, -0.05) is 26.0 Å². The molecule has 0 fully saturated rings. The van der Waals surface area contributed by atoms with Gasteiger partial charge >= 0.3 is 12.4 Å². The molecule has 0 saturated carbocycles. The molecule has 2 rings (SSSR count). The Morgan fingerprint density at radius 1 is 0.933 bits per heavy atom. The quantitative estimate of drug-likeness (QED) is 0.354. The van der Waals surface area contributed by atoms with E-state index in [4.69, 9.17) is 10.5 Å². The lowest BCUT2D eigenvalue weighted by atomic mass is 10.0. The fourth-order valence-electron chi connectivity index (χ4n) is 3.18. The van der Waals surface area contributed by atoms with Gasteiger partial charge in [0.1, 0.15) is 12.1 Å². The van der Waals surface area contributed by atoms with E-state index >= 15 is 0 Å². The first kappa shape index (κ1) is 24.3. The second-order valence-corrected chi connectivity index (χ2v) is 9.08. The summed E-state index contributed by atoms with van der Waals surface area (Å²) in [5.41, 5.74) is -4.85. The van der Waals surface area contributed by atoms with Crippen LogP contribution in [0.4, 0.5) is 26.3 Å². The number of benzene rings is 1. The van der Waals surface area contributed by atoms with Gasteiger partial charge in [0.25, 0.3) is 0 Å². The molecule has 160 valence electrons. The van der Waals surface area contributed by atoms with Crippen LogP contribution >= 0.6 is 21.0 Å². The lowest BCUT2D eigenvalue weighted by Crippen LogP contribution is -2.27. The Morgan fingerprint density at radius 3 is 1.70 bits per heavy atom. The topological polar surface area (TPSA) is 47.6 Å². The van der Waals surface area contributed by atoms with Crippen LogP contribution in [-0.2, 0) is 0 Å². The van der Waals surface area contributed by atoms with Crippen LogP contribution in [0.2, 0.25) is 0 Å². The van der Waals surface area contributed by atoms with Gasteiger partial charge in [0, 0.05) is 4.90 Å². The molecule has 0 aliphatic heterocycles. The molecule has 1 aromatic rings. The van der Waals surface area contributed by atoms with Crippen molar-refractivity contribution in [2.45, 2.75) is 48.4 Å². The Balaban J connectivity index is 2.49. The van der Waals surface area contributed by atoms with Crippen LogP contribution < -0.4 is 0 Å². The molecule has 1 aliphatic carbocycles.